The average Bonchev–Trinajstić information content (AvgIpc) is 2.49. The molecular formula is C19H18FNO. The first-order valence-corrected chi connectivity index (χ1v) is 7.40. The lowest BCUT2D eigenvalue weighted by Crippen LogP contribution is -2.20. The highest BCUT2D eigenvalue weighted by molar-refractivity contribution is 5.85. The fraction of sp³-hybridized carbons (Fsp3) is 0.211. The minimum Gasteiger partial charge on any atom is -0.283 e. The summed E-state index contributed by atoms with van der Waals surface area (Å²) in [6, 6.07) is 12.2. The molecule has 1 aromatic heterocycles. The SMILES string of the molecule is Cc1ccccc1-n1cc(C(C)C)c2ccc(F)cc2c1=O. The molecule has 2 nitrogen and oxygen atoms in total. The van der Waals surface area contributed by atoms with E-state index in [4.69, 9.17) is 0 Å². The van der Waals surface area contributed by atoms with Gasteiger partial charge in [0.05, 0.1) is 11.1 Å². The molecule has 3 heteroatoms. The van der Waals surface area contributed by atoms with Crippen LogP contribution in [-0.2, 0) is 0 Å². The number of nitrogens with zero attached hydrogens (tertiary/aromatic N) is 1. The summed E-state index contributed by atoms with van der Waals surface area (Å²) in [5.74, 6) is -0.148. The van der Waals surface area contributed by atoms with E-state index in [9.17, 15) is 9.18 Å². The minimum atomic E-state index is -0.387. The van der Waals surface area contributed by atoms with Crippen LogP contribution in [0, 0.1) is 12.7 Å². The second-order valence-corrected chi connectivity index (χ2v) is 5.89. The summed E-state index contributed by atoms with van der Waals surface area (Å²) in [4.78, 5) is 12.8. The molecule has 0 aliphatic heterocycles. The smallest absolute Gasteiger partial charge is 0.263 e. The second-order valence-electron chi connectivity index (χ2n) is 5.89. The predicted octanol–water partition coefficient (Wildman–Crippen LogP) is 4.56. The van der Waals surface area contributed by atoms with Gasteiger partial charge in [-0.1, -0.05) is 38.1 Å². The Bertz CT molecular complexity index is 909. The number of hydrogen-bond donors (Lipinski definition) is 0. The lowest BCUT2D eigenvalue weighted by atomic mass is 9.98. The largest absolute Gasteiger partial charge is 0.283 e. The Morgan fingerprint density at radius 1 is 1.05 bits per heavy atom. The van der Waals surface area contributed by atoms with Gasteiger partial charge in [0.2, 0.25) is 0 Å². The number of fused-ring (bicyclic) bond motifs is 1. The van der Waals surface area contributed by atoms with Crippen molar-refractivity contribution in [2.45, 2.75) is 26.7 Å². The van der Waals surface area contributed by atoms with Crippen molar-refractivity contribution >= 4 is 10.8 Å². The molecule has 2 aromatic carbocycles. The lowest BCUT2D eigenvalue weighted by molar-refractivity contribution is 0.629. The molecule has 0 atom stereocenters. The van der Waals surface area contributed by atoms with Crippen LogP contribution in [0.25, 0.3) is 16.5 Å². The van der Waals surface area contributed by atoms with Crippen LogP contribution in [0.5, 0.6) is 0 Å². The molecule has 0 bridgehead atoms. The zero-order chi connectivity index (χ0) is 15.9. The molecule has 0 fully saturated rings. The highest BCUT2D eigenvalue weighted by Gasteiger charge is 2.14. The number of benzene rings is 2. The highest BCUT2D eigenvalue weighted by Crippen LogP contribution is 2.25. The number of para-hydroxylation sites is 1. The summed E-state index contributed by atoms with van der Waals surface area (Å²) in [7, 11) is 0. The van der Waals surface area contributed by atoms with E-state index in [1.54, 1.807) is 10.6 Å². The fourth-order valence-electron chi connectivity index (χ4n) is 2.81. The third-order valence-electron chi connectivity index (χ3n) is 4.01. The quantitative estimate of drug-likeness (QED) is 0.679. The summed E-state index contributed by atoms with van der Waals surface area (Å²) in [6.07, 6.45) is 1.88. The highest BCUT2D eigenvalue weighted by atomic mass is 19.1. The van der Waals surface area contributed by atoms with E-state index in [0.717, 1.165) is 22.2 Å². The Kier molecular flexibility index (Phi) is 3.57. The van der Waals surface area contributed by atoms with Crippen LogP contribution in [0.4, 0.5) is 4.39 Å². The molecule has 0 radical (unpaired) electrons. The van der Waals surface area contributed by atoms with Gasteiger partial charge >= 0.3 is 0 Å². The third kappa shape index (κ3) is 2.33. The van der Waals surface area contributed by atoms with Crippen molar-refractivity contribution in [3.05, 3.63) is 76.0 Å². The van der Waals surface area contributed by atoms with E-state index < -0.39 is 0 Å². The number of aromatic nitrogens is 1. The van der Waals surface area contributed by atoms with Gasteiger partial charge in [-0.2, -0.15) is 0 Å². The zero-order valence-corrected chi connectivity index (χ0v) is 12.9. The molecular weight excluding hydrogens is 277 g/mol. The van der Waals surface area contributed by atoms with Crippen LogP contribution in [-0.4, -0.2) is 4.57 Å². The van der Waals surface area contributed by atoms with Crippen LogP contribution in [0.2, 0.25) is 0 Å². The second kappa shape index (κ2) is 5.41. The van der Waals surface area contributed by atoms with E-state index in [-0.39, 0.29) is 17.3 Å². The first-order chi connectivity index (χ1) is 10.5. The Morgan fingerprint density at radius 3 is 2.45 bits per heavy atom. The molecule has 0 spiro atoms. The van der Waals surface area contributed by atoms with Crippen molar-refractivity contribution in [1.29, 1.82) is 0 Å². The number of pyridine rings is 1. The van der Waals surface area contributed by atoms with E-state index in [1.807, 2.05) is 37.4 Å². The van der Waals surface area contributed by atoms with Gasteiger partial charge in [-0.3, -0.25) is 9.36 Å². The molecule has 112 valence electrons. The van der Waals surface area contributed by atoms with E-state index in [1.165, 1.54) is 12.1 Å². The van der Waals surface area contributed by atoms with Gasteiger partial charge in [-0.15, -0.1) is 0 Å². The van der Waals surface area contributed by atoms with E-state index >= 15 is 0 Å². The summed E-state index contributed by atoms with van der Waals surface area (Å²) >= 11 is 0. The van der Waals surface area contributed by atoms with Crippen LogP contribution in [0.3, 0.4) is 0 Å². The summed E-state index contributed by atoms with van der Waals surface area (Å²) in [5.41, 5.74) is 2.70. The molecule has 0 saturated carbocycles. The molecule has 1 heterocycles. The van der Waals surface area contributed by atoms with Gasteiger partial charge in [0.15, 0.2) is 0 Å². The maximum atomic E-state index is 13.6. The molecule has 0 aliphatic carbocycles. The monoisotopic (exact) mass is 295 g/mol. The Hall–Kier alpha value is -2.42. The summed E-state index contributed by atoms with van der Waals surface area (Å²) in [5, 5.41) is 1.25. The summed E-state index contributed by atoms with van der Waals surface area (Å²) in [6.45, 7) is 6.11. The normalized spacial score (nSPS) is 11.3. The summed E-state index contributed by atoms with van der Waals surface area (Å²) < 4.78 is 15.2. The van der Waals surface area contributed by atoms with Crippen molar-refractivity contribution in [2.75, 3.05) is 0 Å². The molecule has 0 N–H and O–H groups in total. The van der Waals surface area contributed by atoms with E-state index in [2.05, 4.69) is 13.8 Å². The molecule has 3 aromatic rings. The number of aryl methyl sites for hydroxylation is 1. The molecule has 0 saturated heterocycles. The van der Waals surface area contributed by atoms with Gasteiger partial charge in [-0.25, -0.2) is 4.39 Å². The number of halogens is 1. The molecule has 22 heavy (non-hydrogen) atoms. The van der Waals surface area contributed by atoms with Crippen LogP contribution >= 0.6 is 0 Å². The first kappa shape index (κ1) is 14.5. The fourth-order valence-corrected chi connectivity index (χ4v) is 2.81. The van der Waals surface area contributed by atoms with Gasteiger partial charge in [0.1, 0.15) is 5.82 Å². The average molecular weight is 295 g/mol. The van der Waals surface area contributed by atoms with Crippen LogP contribution in [0.15, 0.2) is 53.5 Å². The minimum absolute atomic E-state index is 0.187. The Labute approximate surface area is 128 Å². The molecule has 0 amide bonds. The van der Waals surface area contributed by atoms with Gasteiger partial charge in [0, 0.05) is 6.20 Å². The van der Waals surface area contributed by atoms with Gasteiger partial charge < -0.3 is 0 Å². The van der Waals surface area contributed by atoms with Crippen molar-refractivity contribution in [1.82, 2.24) is 4.57 Å². The number of hydrogen-bond acceptors (Lipinski definition) is 1. The van der Waals surface area contributed by atoms with Gasteiger partial charge in [-0.05, 0) is 47.6 Å². The lowest BCUT2D eigenvalue weighted by Gasteiger charge is -2.16. The van der Waals surface area contributed by atoms with Crippen LogP contribution < -0.4 is 5.56 Å². The maximum Gasteiger partial charge on any atom is 0.263 e. The molecule has 0 unspecified atom stereocenters. The van der Waals surface area contributed by atoms with Crippen molar-refractivity contribution in [3.8, 4) is 5.69 Å². The maximum absolute atomic E-state index is 13.6. The third-order valence-corrected chi connectivity index (χ3v) is 4.01. The van der Waals surface area contributed by atoms with Crippen LogP contribution in [0.1, 0.15) is 30.9 Å². The zero-order valence-electron chi connectivity index (χ0n) is 12.9. The standard InChI is InChI=1S/C19H18FNO/c1-12(2)17-11-21(18-7-5-4-6-13(18)3)19(22)16-10-14(20)8-9-15(16)17/h4-12H,1-3H3. The van der Waals surface area contributed by atoms with E-state index in [0.29, 0.717) is 5.39 Å². The topological polar surface area (TPSA) is 22.0 Å². The van der Waals surface area contributed by atoms with Gasteiger partial charge in [0.25, 0.3) is 5.56 Å². The molecule has 0 aliphatic rings. The predicted molar refractivity (Wildman–Crippen MR) is 88.3 cm³/mol. The Balaban J connectivity index is 2.44. The van der Waals surface area contributed by atoms with Crippen molar-refractivity contribution < 1.29 is 4.39 Å². The van der Waals surface area contributed by atoms with Crippen molar-refractivity contribution in [3.63, 3.8) is 0 Å². The Morgan fingerprint density at radius 2 is 1.77 bits per heavy atom. The number of rotatable bonds is 2. The van der Waals surface area contributed by atoms with Crippen molar-refractivity contribution in [2.24, 2.45) is 0 Å². The molecule has 3 rings (SSSR count). The first-order valence-electron chi connectivity index (χ1n) is 7.40.